The standard InChI is InChI=1S/C35H30Cl2FN3O5/c1-44-30-16-21(17-31(45-2)34(30)46-3)33-32-27(14-20(15-29(32)42)19-7-6-8-22(38)13-19)40-26-9-4-5-10-28(26)41(33)35(43)39-23-11-12-24(36)25(37)18-23/h4-13,16-18,20,33,40H,14-15H2,1-3H3,(H,39,43). The number of nitrogens with zero attached hydrogens (tertiary/aromatic N) is 1. The maximum Gasteiger partial charge on any atom is 0.327 e. The maximum absolute atomic E-state index is 14.4. The van der Waals surface area contributed by atoms with E-state index < -0.39 is 12.1 Å². The van der Waals surface area contributed by atoms with Crippen molar-refractivity contribution in [2.45, 2.75) is 24.8 Å². The summed E-state index contributed by atoms with van der Waals surface area (Å²) in [6.07, 6.45) is 0.519. The molecule has 1 heterocycles. The molecule has 2 unspecified atom stereocenters. The number of methoxy groups -OCH3 is 3. The average Bonchev–Trinajstić information content (AvgIpc) is 3.20. The van der Waals surface area contributed by atoms with Crippen molar-refractivity contribution < 1.29 is 28.2 Å². The molecule has 0 fully saturated rings. The minimum Gasteiger partial charge on any atom is -0.493 e. The minimum atomic E-state index is -0.941. The number of anilines is 3. The first-order chi connectivity index (χ1) is 22.2. The van der Waals surface area contributed by atoms with Crippen LogP contribution in [0.4, 0.5) is 26.2 Å². The Kier molecular flexibility index (Phi) is 8.80. The maximum atomic E-state index is 14.4. The number of amides is 2. The quantitative estimate of drug-likeness (QED) is 0.215. The first kappa shape index (κ1) is 31.3. The van der Waals surface area contributed by atoms with E-state index in [0.29, 0.717) is 62.6 Å². The summed E-state index contributed by atoms with van der Waals surface area (Å²) in [6.45, 7) is 0. The Balaban J connectivity index is 1.57. The second kappa shape index (κ2) is 12.9. The molecule has 1 aliphatic heterocycles. The summed E-state index contributed by atoms with van der Waals surface area (Å²) < 4.78 is 31.2. The van der Waals surface area contributed by atoms with Crippen molar-refractivity contribution in [1.29, 1.82) is 0 Å². The number of urea groups is 1. The highest BCUT2D eigenvalue weighted by atomic mass is 35.5. The van der Waals surface area contributed by atoms with Crippen molar-refractivity contribution in [3.8, 4) is 17.2 Å². The third kappa shape index (κ3) is 5.84. The third-order valence-electron chi connectivity index (χ3n) is 8.20. The van der Waals surface area contributed by atoms with Crippen molar-refractivity contribution >= 4 is 52.1 Å². The molecule has 0 aromatic heterocycles. The molecule has 0 bridgehead atoms. The van der Waals surface area contributed by atoms with E-state index in [1.54, 1.807) is 42.5 Å². The van der Waals surface area contributed by atoms with Crippen LogP contribution in [0.15, 0.2) is 90.1 Å². The number of ether oxygens (including phenoxy) is 3. The summed E-state index contributed by atoms with van der Waals surface area (Å²) in [5.41, 5.74) is 3.82. The molecule has 46 heavy (non-hydrogen) atoms. The minimum absolute atomic E-state index is 0.115. The third-order valence-corrected chi connectivity index (χ3v) is 8.94. The number of nitrogens with one attached hydrogen (secondary N) is 2. The number of ketones is 1. The SMILES string of the molecule is COc1cc(C2C3=C(CC(c4cccc(F)c4)CC3=O)Nc3ccccc3N2C(=O)Nc2ccc(Cl)c(Cl)c2)cc(OC)c1OC. The molecule has 2 atom stereocenters. The molecule has 2 aliphatic rings. The van der Waals surface area contributed by atoms with Gasteiger partial charge in [0.1, 0.15) is 5.82 Å². The van der Waals surface area contributed by atoms with Gasteiger partial charge < -0.3 is 24.8 Å². The van der Waals surface area contributed by atoms with Crippen molar-refractivity contribution in [2.75, 3.05) is 36.9 Å². The van der Waals surface area contributed by atoms with Gasteiger partial charge in [0.15, 0.2) is 17.3 Å². The van der Waals surface area contributed by atoms with Crippen LogP contribution in [0, 0.1) is 5.82 Å². The first-order valence-electron chi connectivity index (χ1n) is 14.4. The number of allylic oxidation sites excluding steroid dienone is 1. The van der Waals surface area contributed by atoms with E-state index in [2.05, 4.69) is 10.6 Å². The van der Waals surface area contributed by atoms with Gasteiger partial charge >= 0.3 is 6.03 Å². The van der Waals surface area contributed by atoms with Gasteiger partial charge in [0.05, 0.1) is 48.8 Å². The molecule has 4 aromatic rings. The topological polar surface area (TPSA) is 89.1 Å². The molecule has 11 heteroatoms. The fourth-order valence-corrected chi connectivity index (χ4v) is 6.44. The number of benzene rings is 4. The largest absolute Gasteiger partial charge is 0.493 e. The highest BCUT2D eigenvalue weighted by molar-refractivity contribution is 6.42. The van der Waals surface area contributed by atoms with E-state index in [-0.39, 0.29) is 29.0 Å². The molecule has 0 radical (unpaired) electrons. The van der Waals surface area contributed by atoms with Crippen LogP contribution in [0.2, 0.25) is 10.0 Å². The van der Waals surface area contributed by atoms with Crippen LogP contribution in [-0.2, 0) is 4.79 Å². The highest BCUT2D eigenvalue weighted by Gasteiger charge is 2.42. The van der Waals surface area contributed by atoms with Crippen LogP contribution in [0.25, 0.3) is 0 Å². The fraction of sp³-hybridized carbons (Fsp3) is 0.200. The van der Waals surface area contributed by atoms with Gasteiger partial charge in [-0.1, -0.05) is 47.5 Å². The molecule has 1 aliphatic carbocycles. The number of hydrogen-bond acceptors (Lipinski definition) is 6. The average molecular weight is 663 g/mol. The number of carbonyl (C=O) groups excluding carboxylic acids is 2. The normalized spacial score (nSPS) is 17.3. The van der Waals surface area contributed by atoms with Gasteiger partial charge in [0, 0.05) is 23.4 Å². The van der Waals surface area contributed by atoms with E-state index >= 15 is 0 Å². The van der Waals surface area contributed by atoms with Crippen molar-refractivity contribution in [2.24, 2.45) is 0 Å². The summed E-state index contributed by atoms with van der Waals surface area (Å²) in [4.78, 5) is 30.3. The van der Waals surface area contributed by atoms with Crippen LogP contribution < -0.4 is 29.7 Å². The number of carbonyl (C=O) groups is 2. The number of fused-ring (bicyclic) bond motifs is 1. The Morgan fingerprint density at radius 3 is 2.28 bits per heavy atom. The second-order valence-electron chi connectivity index (χ2n) is 10.9. The number of para-hydroxylation sites is 2. The highest BCUT2D eigenvalue weighted by Crippen LogP contribution is 2.50. The van der Waals surface area contributed by atoms with E-state index in [9.17, 15) is 14.0 Å². The van der Waals surface area contributed by atoms with Gasteiger partial charge in [0.25, 0.3) is 0 Å². The van der Waals surface area contributed by atoms with Crippen LogP contribution in [0.3, 0.4) is 0 Å². The zero-order chi connectivity index (χ0) is 32.5. The first-order valence-corrected chi connectivity index (χ1v) is 15.2. The summed E-state index contributed by atoms with van der Waals surface area (Å²) in [5.74, 6) is 0.235. The molecule has 0 spiro atoms. The molecule has 2 N–H and O–H groups in total. The number of hydrogen-bond donors (Lipinski definition) is 2. The zero-order valence-electron chi connectivity index (χ0n) is 25.2. The Labute approximate surface area is 275 Å². The molecule has 8 nitrogen and oxygen atoms in total. The van der Waals surface area contributed by atoms with Crippen molar-refractivity contribution in [3.05, 3.63) is 117 Å². The van der Waals surface area contributed by atoms with E-state index in [0.717, 1.165) is 5.56 Å². The monoisotopic (exact) mass is 661 g/mol. The number of halogens is 3. The van der Waals surface area contributed by atoms with Crippen LogP contribution in [-0.4, -0.2) is 33.1 Å². The number of rotatable bonds is 6. The van der Waals surface area contributed by atoms with Crippen LogP contribution in [0.5, 0.6) is 17.2 Å². The van der Waals surface area contributed by atoms with E-state index in [1.165, 1.54) is 38.4 Å². The van der Waals surface area contributed by atoms with E-state index in [1.807, 2.05) is 24.3 Å². The molecule has 2 amide bonds. The lowest BCUT2D eigenvalue weighted by atomic mass is 9.78. The van der Waals surface area contributed by atoms with Gasteiger partial charge in [0.2, 0.25) is 5.75 Å². The lowest BCUT2D eigenvalue weighted by molar-refractivity contribution is -0.116. The van der Waals surface area contributed by atoms with E-state index in [4.69, 9.17) is 37.4 Å². The van der Waals surface area contributed by atoms with Gasteiger partial charge in [-0.3, -0.25) is 9.69 Å². The zero-order valence-corrected chi connectivity index (χ0v) is 26.7. The molecule has 4 aromatic carbocycles. The summed E-state index contributed by atoms with van der Waals surface area (Å²) in [7, 11) is 4.50. The molecule has 236 valence electrons. The predicted molar refractivity (Wildman–Crippen MR) is 177 cm³/mol. The summed E-state index contributed by atoms with van der Waals surface area (Å²) in [5, 5.41) is 7.02. The molecular weight excluding hydrogens is 632 g/mol. The Bertz CT molecular complexity index is 1860. The van der Waals surface area contributed by atoms with Gasteiger partial charge in [-0.2, -0.15) is 0 Å². The molecule has 0 saturated heterocycles. The lowest BCUT2D eigenvalue weighted by Crippen LogP contribution is -2.41. The Hall–Kier alpha value is -4.73. The number of Topliss-reactive ketones (excluding diaryl/α,β-unsaturated/α-hetero) is 1. The van der Waals surface area contributed by atoms with Gasteiger partial charge in [-0.15, -0.1) is 0 Å². The van der Waals surface area contributed by atoms with Crippen molar-refractivity contribution in [3.63, 3.8) is 0 Å². The lowest BCUT2D eigenvalue weighted by Gasteiger charge is -2.35. The van der Waals surface area contributed by atoms with Gasteiger partial charge in [-0.25, -0.2) is 9.18 Å². The smallest absolute Gasteiger partial charge is 0.327 e. The molecule has 6 rings (SSSR count). The molecular formula is C35H30Cl2FN3O5. The second-order valence-corrected chi connectivity index (χ2v) is 11.7. The summed E-state index contributed by atoms with van der Waals surface area (Å²) >= 11 is 12.4. The molecule has 0 saturated carbocycles. The predicted octanol–water partition coefficient (Wildman–Crippen LogP) is 8.76. The summed E-state index contributed by atoms with van der Waals surface area (Å²) in [6, 6.07) is 20.4. The van der Waals surface area contributed by atoms with Gasteiger partial charge in [-0.05, 0) is 78.1 Å². The Morgan fingerprint density at radius 2 is 1.61 bits per heavy atom. The Morgan fingerprint density at radius 1 is 0.870 bits per heavy atom. The van der Waals surface area contributed by atoms with Crippen molar-refractivity contribution in [1.82, 2.24) is 0 Å². The fourth-order valence-electron chi connectivity index (χ4n) is 6.14. The van der Waals surface area contributed by atoms with Crippen LogP contribution >= 0.6 is 23.2 Å². The van der Waals surface area contributed by atoms with Crippen LogP contribution in [0.1, 0.15) is 35.9 Å².